The van der Waals surface area contributed by atoms with Crippen molar-refractivity contribution in [1.29, 1.82) is 0 Å². The van der Waals surface area contributed by atoms with Crippen LogP contribution in [0.15, 0.2) is 12.2 Å². The number of hydrogen-bond acceptors (Lipinski definition) is 1. The van der Waals surface area contributed by atoms with Gasteiger partial charge in [-0.2, -0.15) is 0 Å². The quantitative estimate of drug-likeness (QED) is 0.619. The predicted molar refractivity (Wildman–Crippen MR) is 66.0 cm³/mol. The van der Waals surface area contributed by atoms with Crippen LogP contribution in [0.3, 0.4) is 0 Å². The Morgan fingerprint density at radius 3 is 2.50 bits per heavy atom. The molecule has 0 unspecified atom stereocenters. The van der Waals surface area contributed by atoms with Gasteiger partial charge in [-0.1, -0.05) is 39.3 Å². The lowest BCUT2D eigenvalue weighted by Gasteiger charge is -2.46. The molecule has 3 rings (SSSR count). The Balaban J connectivity index is 2.21. The molecule has 0 amide bonds. The van der Waals surface area contributed by atoms with E-state index in [1.54, 1.807) is 0 Å². The molecule has 5 atom stereocenters. The third-order valence-corrected chi connectivity index (χ3v) is 6.95. The average Bonchev–Trinajstić information content (AvgIpc) is 2.55. The van der Waals surface area contributed by atoms with Crippen molar-refractivity contribution in [2.24, 2.45) is 22.2 Å². The first-order valence-corrected chi connectivity index (χ1v) is 6.73. The molecule has 0 spiro atoms. The SMILES string of the molecule is C=C1CC[C@@]2(C)[C@H](O)[C@H]1[C@@]1(C)CCC[C@]21C. The van der Waals surface area contributed by atoms with E-state index in [0.29, 0.717) is 16.7 Å². The lowest BCUT2D eigenvalue weighted by atomic mass is 9.59. The van der Waals surface area contributed by atoms with E-state index in [2.05, 4.69) is 27.4 Å². The van der Waals surface area contributed by atoms with E-state index < -0.39 is 0 Å². The van der Waals surface area contributed by atoms with E-state index in [-0.39, 0.29) is 11.5 Å². The summed E-state index contributed by atoms with van der Waals surface area (Å²) in [5, 5.41) is 10.7. The van der Waals surface area contributed by atoms with Gasteiger partial charge < -0.3 is 5.11 Å². The molecule has 1 nitrogen and oxygen atoms in total. The molecular formula is C15H24O. The van der Waals surface area contributed by atoms with Crippen molar-refractivity contribution < 1.29 is 5.11 Å². The lowest BCUT2D eigenvalue weighted by molar-refractivity contribution is -0.0347. The van der Waals surface area contributed by atoms with E-state index >= 15 is 0 Å². The first kappa shape index (κ1) is 10.8. The van der Waals surface area contributed by atoms with Gasteiger partial charge in [0.1, 0.15) is 0 Å². The Morgan fingerprint density at radius 2 is 1.81 bits per heavy atom. The van der Waals surface area contributed by atoms with Crippen LogP contribution in [-0.2, 0) is 0 Å². The largest absolute Gasteiger partial charge is 0.392 e. The van der Waals surface area contributed by atoms with Crippen molar-refractivity contribution in [2.45, 2.75) is 59.0 Å². The Bertz CT molecular complexity index is 360. The smallest absolute Gasteiger partial charge is 0.0669 e. The zero-order valence-electron chi connectivity index (χ0n) is 10.8. The summed E-state index contributed by atoms with van der Waals surface area (Å²) < 4.78 is 0. The van der Waals surface area contributed by atoms with Crippen LogP contribution in [0.5, 0.6) is 0 Å². The molecule has 0 heterocycles. The lowest BCUT2D eigenvalue weighted by Crippen LogP contribution is -2.43. The zero-order valence-corrected chi connectivity index (χ0v) is 10.8. The highest BCUT2D eigenvalue weighted by Gasteiger charge is 2.72. The van der Waals surface area contributed by atoms with E-state index in [1.165, 1.54) is 24.8 Å². The summed E-state index contributed by atoms with van der Waals surface area (Å²) in [6.45, 7) is 11.4. The predicted octanol–water partition coefficient (Wildman–Crippen LogP) is 3.53. The Kier molecular flexibility index (Phi) is 1.86. The van der Waals surface area contributed by atoms with Crippen molar-refractivity contribution in [3.63, 3.8) is 0 Å². The van der Waals surface area contributed by atoms with E-state index in [1.807, 2.05) is 0 Å². The summed E-state index contributed by atoms with van der Waals surface area (Å²) in [5.74, 6) is 0.360. The van der Waals surface area contributed by atoms with Crippen LogP contribution in [0.1, 0.15) is 52.9 Å². The van der Waals surface area contributed by atoms with E-state index in [4.69, 9.17) is 0 Å². The third-order valence-electron chi connectivity index (χ3n) is 6.95. The number of aliphatic hydroxyl groups is 1. The second-order valence-electron chi connectivity index (χ2n) is 7.10. The highest BCUT2D eigenvalue weighted by Crippen LogP contribution is 2.76. The van der Waals surface area contributed by atoms with Gasteiger partial charge in [0.2, 0.25) is 0 Å². The molecule has 0 aromatic rings. The molecule has 3 fully saturated rings. The highest BCUT2D eigenvalue weighted by atomic mass is 16.3. The van der Waals surface area contributed by atoms with Gasteiger partial charge in [0.15, 0.2) is 0 Å². The van der Waals surface area contributed by atoms with Gasteiger partial charge in [-0.3, -0.25) is 0 Å². The van der Waals surface area contributed by atoms with Crippen molar-refractivity contribution >= 4 is 0 Å². The monoisotopic (exact) mass is 220 g/mol. The summed E-state index contributed by atoms with van der Waals surface area (Å²) in [6.07, 6.45) is 6.02. The Labute approximate surface area is 98.9 Å². The molecule has 3 aliphatic rings. The summed E-state index contributed by atoms with van der Waals surface area (Å²) in [6, 6.07) is 0. The van der Waals surface area contributed by atoms with Gasteiger partial charge in [-0.05, 0) is 36.5 Å². The minimum absolute atomic E-state index is 0.129. The third kappa shape index (κ3) is 0.827. The van der Waals surface area contributed by atoms with E-state index in [9.17, 15) is 5.11 Å². The van der Waals surface area contributed by atoms with Crippen molar-refractivity contribution in [3.8, 4) is 0 Å². The Morgan fingerprint density at radius 1 is 1.12 bits per heavy atom. The van der Waals surface area contributed by atoms with Gasteiger partial charge in [0.25, 0.3) is 0 Å². The summed E-state index contributed by atoms with van der Waals surface area (Å²) in [5.41, 5.74) is 2.07. The first-order chi connectivity index (χ1) is 7.37. The topological polar surface area (TPSA) is 20.2 Å². The van der Waals surface area contributed by atoms with Crippen LogP contribution in [0.25, 0.3) is 0 Å². The van der Waals surface area contributed by atoms with Gasteiger partial charge >= 0.3 is 0 Å². The molecular weight excluding hydrogens is 196 g/mol. The van der Waals surface area contributed by atoms with Crippen LogP contribution in [0.2, 0.25) is 0 Å². The number of aliphatic hydroxyl groups excluding tert-OH is 1. The zero-order chi connectivity index (χ0) is 11.8. The highest BCUT2D eigenvalue weighted by molar-refractivity contribution is 5.29. The minimum Gasteiger partial charge on any atom is -0.392 e. The van der Waals surface area contributed by atoms with Crippen LogP contribution < -0.4 is 0 Å². The van der Waals surface area contributed by atoms with Crippen LogP contribution >= 0.6 is 0 Å². The summed E-state index contributed by atoms with van der Waals surface area (Å²) in [7, 11) is 0. The molecule has 1 heteroatoms. The fraction of sp³-hybridized carbons (Fsp3) is 0.867. The van der Waals surface area contributed by atoms with Crippen molar-refractivity contribution in [2.75, 3.05) is 0 Å². The number of fused-ring (bicyclic) bond motifs is 5. The summed E-state index contributed by atoms with van der Waals surface area (Å²) in [4.78, 5) is 0. The minimum atomic E-state index is -0.149. The second-order valence-corrected chi connectivity index (χ2v) is 7.10. The van der Waals surface area contributed by atoms with Crippen LogP contribution in [-0.4, -0.2) is 11.2 Å². The fourth-order valence-corrected chi connectivity index (χ4v) is 5.52. The van der Waals surface area contributed by atoms with Crippen LogP contribution in [0.4, 0.5) is 0 Å². The number of hydrogen-bond donors (Lipinski definition) is 1. The molecule has 1 N–H and O–H groups in total. The average molecular weight is 220 g/mol. The van der Waals surface area contributed by atoms with Gasteiger partial charge in [0, 0.05) is 11.3 Å². The van der Waals surface area contributed by atoms with Crippen molar-refractivity contribution in [3.05, 3.63) is 12.2 Å². The molecule has 3 saturated carbocycles. The molecule has 90 valence electrons. The van der Waals surface area contributed by atoms with Gasteiger partial charge in [-0.15, -0.1) is 0 Å². The maximum atomic E-state index is 10.7. The van der Waals surface area contributed by atoms with Gasteiger partial charge in [-0.25, -0.2) is 0 Å². The molecule has 16 heavy (non-hydrogen) atoms. The maximum absolute atomic E-state index is 10.7. The molecule has 0 saturated heterocycles. The molecule has 0 radical (unpaired) electrons. The second kappa shape index (κ2) is 2.75. The molecule has 0 aliphatic heterocycles. The van der Waals surface area contributed by atoms with Gasteiger partial charge in [0.05, 0.1) is 6.10 Å². The normalized spacial score (nSPS) is 60.1. The molecule has 2 bridgehead atoms. The molecule has 3 aliphatic carbocycles. The van der Waals surface area contributed by atoms with Crippen molar-refractivity contribution in [1.82, 2.24) is 0 Å². The van der Waals surface area contributed by atoms with E-state index in [0.717, 1.165) is 12.8 Å². The number of rotatable bonds is 0. The van der Waals surface area contributed by atoms with Crippen LogP contribution in [0, 0.1) is 22.2 Å². The standard InChI is InChI=1S/C15H24O/c1-10-6-9-14(3)12(16)11(10)13(2)7-5-8-15(13,14)4/h11-12,16H,1,5-9H2,2-4H3/t11-,12+,13+,14-,15-/m0/s1. The fourth-order valence-electron chi connectivity index (χ4n) is 5.52. The molecule has 0 aromatic heterocycles. The Hall–Kier alpha value is -0.300. The molecule has 0 aromatic carbocycles. The summed E-state index contributed by atoms with van der Waals surface area (Å²) >= 11 is 0. The maximum Gasteiger partial charge on any atom is 0.0669 e. The first-order valence-electron chi connectivity index (χ1n) is 6.73.